The van der Waals surface area contributed by atoms with E-state index in [9.17, 15) is 4.79 Å². The van der Waals surface area contributed by atoms with Crippen molar-refractivity contribution >= 4 is 38.3 Å². The van der Waals surface area contributed by atoms with E-state index in [0.717, 1.165) is 27.6 Å². The molecular weight excluding hydrogens is 250 g/mol. The Balaban J connectivity index is 2.14. The fourth-order valence-electron chi connectivity index (χ4n) is 1.54. The Labute approximate surface area is 109 Å². The van der Waals surface area contributed by atoms with E-state index in [0.29, 0.717) is 6.61 Å². The summed E-state index contributed by atoms with van der Waals surface area (Å²) in [6.45, 7) is 2.87. The van der Waals surface area contributed by atoms with Crippen LogP contribution < -0.4 is 10.6 Å². The fraction of sp³-hybridized carbons (Fsp3) is 0.333. The first-order valence-corrected chi connectivity index (χ1v) is 6.41. The first-order chi connectivity index (χ1) is 8.69. The summed E-state index contributed by atoms with van der Waals surface area (Å²) in [6.07, 6.45) is 0. The Bertz CT molecular complexity index is 553. The number of anilines is 2. The maximum Gasteiger partial charge on any atom is 0.221 e. The van der Waals surface area contributed by atoms with Gasteiger partial charge in [-0.25, -0.2) is 4.98 Å². The van der Waals surface area contributed by atoms with Gasteiger partial charge in [0.25, 0.3) is 0 Å². The molecule has 0 saturated heterocycles. The van der Waals surface area contributed by atoms with Crippen molar-refractivity contribution in [1.82, 2.24) is 4.98 Å². The predicted molar refractivity (Wildman–Crippen MR) is 74.3 cm³/mol. The lowest BCUT2D eigenvalue weighted by atomic mass is 10.3. The predicted octanol–water partition coefficient (Wildman–Crippen LogP) is 2.31. The van der Waals surface area contributed by atoms with Crippen LogP contribution in [0.3, 0.4) is 0 Å². The molecule has 1 amide bonds. The Morgan fingerprint density at radius 2 is 2.33 bits per heavy atom. The van der Waals surface area contributed by atoms with Crippen LogP contribution in [0, 0.1) is 0 Å². The third-order valence-electron chi connectivity index (χ3n) is 2.29. The second kappa shape index (κ2) is 5.79. The normalized spacial score (nSPS) is 10.6. The minimum absolute atomic E-state index is 0.0719. The molecule has 0 aliphatic heterocycles. The summed E-state index contributed by atoms with van der Waals surface area (Å²) in [7, 11) is 1.67. The number of nitrogens with one attached hydrogen (secondary N) is 2. The number of hydrogen-bond donors (Lipinski definition) is 2. The molecule has 96 valence electrons. The average Bonchev–Trinajstić information content (AvgIpc) is 2.70. The van der Waals surface area contributed by atoms with Crippen LogP contribution in [0.25, 0.3) is 10.2 Å². The van der Waals surface area contributed by atoms with Crippen LogP contribution in [-0.2, 0) is 9.53 Å². The summed E-state index contributed by atoms with van der Waals surface area (Å²) in [5.74, 6) is -0.0719. The number of carbonyl (C=O) groups is 1. The minimum Gasteiger partial charge on any atom is -0.383 e. The molecule has 1 heterocycles. The molecule has 0 saturated carbocycles. The zero-order valence-electron chi connectivity index (χ0n) is 10.3. The lowest BCUT2D eigenvalue weighted by Gasteiger charge is -1.99. The van der Waals surface area contributed by atoms with Gasteiger partial charge in [-0.3, -0.25) is 4.79 Å². The molecule has 0 spiro atoms. The van der Waals surface area contributed by atoms with E-state index in [4.69, 9.17) is 4.74 Å². The van der Waals surface area contributed by atoms with E-state index in [1.54, 1.807) is 18.4 Å². The first-order valence-electron chi connectivity index (χ1n) is 5.60. The third-order valence-corrected chi connectivity index (χ3v) is 3.27. The van der Waals surface area contributed by atoms with Crippen LogP contribution in [0.4, 0.5) is 10.8 Å². The van der Waals surface area contributed by atoms with Crippen LogP contribution in [0.1, 0.15) is 6.92 Å². The van der Waals surface area contributed by atoms with Crippen LogP contribution in [0.2, 0.25) is 0 Å². The number of hydrogen-bond acceptors (Lipinski definition) is 5. The van der Waals surface area contributed by atoms with E-state index in [2.05, 4.69) is 15.6 Å². The number of nitrogens with zero attached hydrogens (tertiary/aromatic N) is 1. The standard InChI is InChI=1S/C12H15N3O2S/c1-8(16)14-9-3-4-10-11(7-9)18-12(15-10)13-5-6-17-2/h3-4,7H,5-6H2,1-2H3,(H,13,15)(H,14,16). The average molecular weight is 265 g/mol. The maximum atomic E-state index is 11.0. The number of carbonyl (C=O) groups excluding carboxylic acids is 1. The molecule has 0 bridgehead atoms. The molecular formula is C12H15N3O2S. The molecule has 0 atom stereocenters. The monoisotopic (exact) mass is 265 g/mol. The number of fused-ring (bicyclic) bond motifs is 1. The smallest absolute Gasteiger partial charge is 0.221 e. The molecule has 0 fully saturated rings. The summed E-state index contributed by atoms with van der Waals surface area (Å²) in [5, 5.41) is 6.81. The van der Waals surface area contributed by atoms with Gasteiger partial charge >= 0.3 is 0 Å². The van der Waals surface area contributed by atoms with Crippen molar-refractivity contribution in [3.63, 3.8) is 0 Å². The highest BCUT2D eigenvalue weighted by molar-refractivity contribution is 7.22. The summed E-state index contributed by atoms with van der Waals surface area (Å²) in [4.78, 5) is 15.4. The number of rotatable bonds is 5. The van der Waals surface area contributed by atoms with Crippen molar-refractivity contribution in [2.24, 2.45) is 0 Å². The number of benzene rings is 1. The van der Waals surface area contributed by atoms with Crippen molar-refractivity contribution < 1.29 is 9.53 Å². The molecule has 2 N–H and O–H groups in total. The SMILES string of the molecule is COCCNc1nc2ccc(NC(C)=O)cc2s1. The number of methoxy groups -OCH3 is 1. The fourth-order valence-corrected chi connectivity index (χ4v) is 2.47. The lowest BCUT2D eigenvalue weighted by Crippen LogP contribution is -2.06. The van der Waals surface area contributed by atoms with Crippen LogP contribution in [-0.4, -0.2) is 31.2 Å². The zero-order valence-corrected chi connectivity index (χ0v) is 11.1. The number of amides is 1. The Morgan fingerprint density at radius 3 is 3.06 bits per heavy atom. The van der Waals surface area contributed by atoms with E-state index >= 15 is 0 Å². The number of aromatic nitrogens is 1. The minimum atomic E-state index is -0.0719. The van der Waals surface area contributed by atoms with E-state index in [1.807, 2.05) is 18.2 Å². The Kier molecular flexibility index (Phi) is 4.11. The lowest BCUT2D eigenvalue weighted by molar-refractivity contribution is -0.114. The summed E-state index contributed by atoms with van der Waals surface area (Å²) >= 11 is 1.56. The first kappa shape index (κ1) is 12.8. The largest absolute Gasteiger partial charge is 0.383 e. The Hall–Kier alpha value is -1.66. The van der Waals surface area contributed by atoms with Crippen molar-refractivity contribution in [2.75, 3.05) is 30.9 Å². The van der Waals surface area contributed by atoms with Gasteiger partial charge in [0.05, 0.1) is 16.8 Å². The summed E-state index contributed by atoms with van der Waals surface area (Å²) in [6, 6.07) is 5.68. The third kappa shape index (κ3) is 3.18. The molecule has 2 aromatic rings. The van der Waals surface area contributed by atoms with Crippen LogP contribution in [0.5, 0.6) is 0 Å². The quantitative estimate of drug-likeness (QED) is 0.814. The van der Waals surface area contributed by atoms with Gasteiger partial charge in [0, 0.05) is 26.3 Å². The van der Waals surface area contributed by atoms with Gasteiger partial charge in [0.2, 0.25) is 5.91 Å². The van der Waals surface area contributed by atoms with Crippen molar-refractivity contribution in [2.45, 2.75) is 6.92 Å². The second-order valence-corrected chi connectivity index (χ2v) is 4.83. The van der Waals surface area contributed by atoms with Crippen molar-refractivity contribution in [3.8, 4) is 0 Å². The molecule has 2 rings (SSSR count). The molecule has 0 unspecified atom stereocenters. The molecule has 1 aromatic heterocycles. The second-order valence-electron chi connectivity index (χ2n) is 3.80. The molecule has 6 heteroatoms. The highest BCUT2D eigenvalue weighted by Gasteiger charge is 2.04. The van der Waals surface area contributed by atoms with Crippen molar-refractivity contribution in [1.29, 1.82) is 0 Å². The maximum absolute atomic E-state index is 11.0. The molecule has 0 aliphatic carbocycles. The number of thiazole rings is 1. The number of ether oxygens (including phenoxy) is 1. The highest BCUT2D eigenvalue weighted by atomic mass is 32.1. The molecule has 0 aliphatic rings. The van der Waals surface area contributed by atoms with Crippen molar-refractivity contribution in [3.05, 3.63) is 18.2 Å². The highest BCUT2D eigenvalue weighted by Crippen LogP contribution is 2.28. The van der Waals surface area contributed by atoms with Gasteiger partial charge in [-0.05, 0) is 18.2 Å². The topological polar surface area (TPSA) is 63.2 Å². The Morgan fingerprint density at radius 1 is 1.50 bits per heavy atom. The summed E-state index contributed by atoms with van der Waals surface area (Å²) in [5.41, 5.74) is 1.72. The zero-order chi connectivity index (χ0) is 13.0. The van der Waals surface area contributed by atoms with Gasteiger partial charge in [-0.2, -0.15) is 0 Å². The van der Waals surface area contributed by atoms with Gasteiger partial charge in [-0.1, -0.05) is 11.3 Å². The van der Waals surface area contributed by atoms with Gasteiger partial charge < -0.3 is 15.4 Å². The van der Waals surface area contributed by atoms with Gasteiger partial charge in [-0.15, -0.1) is 0 Å². The van der Waals surface area contributed by atoms with Crippen LogP contribution >= 0.6 is 11.3 Å². The van der Waals surface area contributed by atoms with E-state index in [1.165, 1.54) is 6.92 Å². The van der Waals surface area contributed by atoms with Crippen LogP contribution in [0.15, 0.2) is 18.2 Å². The van der Waals surface area contributed by atoms with Gasteiger partial charge in [0.15, 0.2) is 5.13 Å². The summed E-state index contributed by atoms with van der Waals surface area (Å²) < 4.78 is 6.01. The molecule has 1 aromatic carbocycles. The van der Waals surface area contributed by atoms with Gasteiger partial charge in [0.1, 0.15) is 0 Å². The molecule has 0 radical (unpaired) electrons. The van der Waals surface area contributed by atoms with E-state index in [-0.39, 0.29) is 5.91 Å². The van der Waals surface area contributed by atoms with E-state index < -0.39 is 0 Å². The molecule has 18 heavy (non-hydrogen) atoms. The molecule has 5 nitrogen and oxygen atoms in total.